The lowest BCUT2D eigenvalue weighted by Crippen LogP contribution is -2.30. The van der Waals surface area contributed by atoms with Gasteiger partial charge in [0.25, 0.3) is 5.91 Å². The number of amides is 2. The highest BCUT2D eigenvalue weighted by atomic mass is 16.6. The smallest absolute Gasteiger partial charge is 0.405 e. The van der Waals surface area contributed by atoms with Gasteiger partial charge in [-0.05, 0) is 6.92 Å². The zero-order chi connectivity index (χ0) is 8.43. The molecule has 0 bridgehead atoms. The highest BCUT2D eigenvalue weighted by molar-refractivity contribution is 5.85. The van der Waals surface area contributed by atoms with Crippen LogP contribution in [-0.2, 0) is 9.53 Å². The Kier molecular flexibility index (Phi) is 1.98. The molecule has 0 unspecified atom stereocenters. The minimum absolute atomic E-state index is 0.0619. The van der Waals surface area contributed by atoms with Gasteiger partial charge in [-0.15, -0.1) is 0 Å². The lowest BCUT2D eigenvalue weighted by Gasteiger charge is -2.04. The lowest BCUT2D eigenvalue weighted by molar-refractivity contribution is -0.126. The molecule has 5 heteroatoms. The third-order valence-corrected chi connectivity index (χ3v) is 1.51. The summed E-state index contributed by atoms with van der Waals surface area (Å²) in [6.07, 6.45) is -1.09. The third kappa shape index (κ3) is 1.83. The molecule has 0 aromatic rings. The average Bonchev–Trinajstić information content (AvgIpc) is 2.09. The maximum absolute atomic E-state index is 10.9. The van der Waals surface area contributed by atoms with E-state index in [4.69, 9.17) is 5.73 Å². The van der Waals surface area contributed by atoms with Gasteiger partial charge in [0.1, 0.15) is 0 Å². The molecule has 0 radical (unpaired) electrons. The van der Waals surface area contributed by atoms with Gasteiger partial charge in [-0.25, -0.2) is 4.79 Å². The highest BCUT2D eigenvalue weighted by Gasteiger charge is 2.31. The van der Waals surface area contributed by atoms with Crippen molar-refractivity contribution in [3.05, 3.63) is 0 Å². The summed E-state index contributed by atoms with van der Waals surface area (Å²) in [5.74, 6) is -0.267. The molecule has 1 saturated heterocycles. The van der Waals surface area contributed by atoms with Gasteiger partial charge in [-0.1, -0.05) is 0 Å². The van der Waals surface area contributed by atoms with E-state index in [0.29, 0.717) is 6.42 Å². The van der Waals surface area contributed by atoms with Crippen molar-refractivity contribution in [3.8, 4) is 0 Å². The van der Waals surface area contributed by atoms with Gasteiger partial charge >= 0.3 is 6.09 Å². The van der Waals surface area contributed by atoms with Gasteiger partial charge in [0.2, 0.25) is 0 Å². The molecule has 1 heterocycles. The fourth-order valence-corrected chi connectivity index (χ4v) is 1.06. The van der Waals surface area contributed by atoms with Crippen molar-refractivity contribution in [2.24, 2.45) is 5.73 Å². The molecule has 2 amide bonds. The Labute approximate surface area is 63.9 Å². The minimum atomic E-state index is -0.903. The first-order valence-electron chi connectivity index (χ1n) is 3.36. The molecule has 2 atom stereocenters. The first-order chi connectivity index (χ1) is 5.09. The lowest BCUT2D eigenvalue weighted by atomic mass is 10.2. The van der Waals surface area contributed by atoms with Crippen LogP contribution >= 0.6 is 0 Å². The zero-order valence-corrected chi connectivity index (χ0v) is 6.16. The van der Waals surface area contributed by atoms with Crippen LogP contribution < -0.4 is 11.1 Å². The summed E-state index contributed by atoms with van der Waals surface area (Å²) in [6.45, 7) is 1.84. The number of nitrogens with one attached hydrogen (secondary N) is 1. The molecule has 0 aliphatic carbocycles. The van der Waals surface area contributed by atoms with Crippen LogP contribution in [0.3, 0.4) is 0 Å². The van der Waals surface area contributed by atoms with Crippen molar-refractivity contribution >= 4 is 12.0 Å². The van der Waals surface area contributed by atoms with E-state index in [1.807, 2.05) is 6.92 Å². The normalized spacial score (nSPS) is 29.7. The number of hydrogen-bond acceptors (Lipinski definition) is 3. The van der Waals surface area contributed by atoms with E-state index in [1.165, 1.54) is 0 Å². The summed E-state index contributed by atoms with van der Waals surface area (Å²) in [7, 11) is 0. The largest absolute Gasteiger partial charge is 0.436 e. The fourth-order valence-electron chi connectivity index (χ4n) is 1.06. The molecule has 0 aromatic carbocycles. The summed E-state index contributed by atoms with van der Waals surface area (Å²) in [5.41, 5.74) is 4.74. The van der Waals surface area contributed by atoms with E-state index in [0.717, 1.165) is 0 Å². The van der Waals surface area contributed by atoms with Crippen molar-refractivity contribution < 1.29 is 14.3 Å². The maximum Gasteiger partial charge on any atom is 0.405 e. The Morgan fingerprint density at radius 3 is 2.82 bits per heavy atom. The molecule has 0 spiro atoms. The first kappa shape index (κ1) is 7.84. The van der Waals surface area contributed by atoms with Gasteiger partial charge in [0, 0.05) is 12.5 Å². The molecule has 0 aromatic heterocycles. The van der Waals surface area contributed by atoms with Crippen LogP contribution in [0, 0.1) is 0 Å². The van der Waals surface area contributed by atoms with Crippen LogP contribution in [0.2, 0.25) is 0 Å². The Balaban J connectivity index is 2.47. The maximum atomic E-state index is 10.9. The van der Waals surface area contributed by atoms with Gasteiger partial charge < -0.3 is 15.8 Å². The van der Waals surface area contributed by atoms with Gasteiger partial charge in [0.15, 0.2) is 6.10 Å². The second kappa shape index (κ2) is 2.77. The molecule has 1 rings (SSSR count). The molecule has 1 fully saturated rings. The van der Waals surface area contributed by atoms with Crippen molar-refractivity contribution in [1.29, 1.82) is 0 Å². The Morgan fingerprint density at radius 2 is 2.45 bits per heavy atom. The summed E-state index contributed by atoms with van der Waals surface area (Å²) < 4.78 is 4.52. The van der Waals surface area contributed by atoms with Crippen LogP contribution in [0.4, 0.5) is 4.79 Å². The van der Waals surface area contributed by atoms with E-state index in [2.05, 4.69) is 10.1 Å². The third-order valence-electron chi connectivity index (χ3n) is 1.51. The van der Waals surface area contributed by atoms with Crippen LogP contribution in [0.15, 0.2) is 0 Å². The molecule has 3 N–H and O–H groups in total. The van der Waals surface area contributed by atoms with Gasteiger partial charge in [0.05, 0.1) is 0 Å². The number of hydrogen-bond donors (Lipinski definition) is 2. The first-order valence-corrected chi connectivity index (χ1v) is 3.36. The zero-order valence-electron chi connectivity index (χ0n) is 6.16. The van der Waals surface area contributed by atoms with Crippen LogP contribution in [0.5, 0.6) is 0 Å². The molecular weight excluding hydrogens is 148 g/mol. The van der Waals surface area contributed by atoms with Crippen molar-refractivity contribution in [2.75, 3.05) is 0 Å². The number of primary amides is 1. The van der Waals surface area contributed by atoms with E-state index < -0.39 is 12.2 Å². The summed E-state index contributed by atoms with van der Waals surface area (Å²) in [6, 6.07) is 0.0619. The fraction of sp³-hybridized carbons (Fsp3) is 0.667. The molecule has 11 heavy (non-hydrogen) atoms. The molecule has 1 aliphatic heterocycles. The molecular formula is C6H10N2O3. The topological polar surface area (TPSA) is 81.4 Å². The quantitative estimate of drug-likeness (QED) is 0.532. The number of carbonyl (C=O) groups is 2. The van der Waals surface area contributed by atoms with E-state index in [1.54, 1.807) is 0 Å². The summed E-state index contributed by atoms with van der Waals surface area (Å²) in [4.78, 5) is 21.1. The summed E-state index contributed by atoms with van der Waals surface area (Å²) >= 11 is 0. The van der Waals surface area contributed by atoms with Crippen LogP contribution in [-0.4, -0.2) is 24.1 Å². The van der Waals surface area contributed by atoms with Crippen molar-refractivity contribution in [2.45, 2.75) is 25.5 Å². The summed E-state index contributed by atoms with van der Waals surface area (Å²) in [5, 5.41) is 2.60. The number of carbonyl (C=O) groups excluding carboxylic acids is 2. The van der Waals surface area contributed by atoms with Crippen LogP contribution in [0.1, 0.15) is 13.3 Å². The average molecular weight is 158 g/mol. The monoisotopic (exact) mass is 158 g/mol. The minimum Gasteiger partial charge on any atom is -0.436 e. The molecule has 5 nitrogen and oxygen atoms in total. The van der Waals surface area contributed by atoms with E-state index >= 15 is 0 Å². The number of nitrogens with two attached hydrogens (primary N) is 1. The Hall–Kier alpha value is -1.26. The second-order valence-electron chi connectivity index (χ2n) is 2.57. The predicted octanol–water partition coefficient (Wildman–Crippen LogP) is -0.641. The van der Waals surface area contributed by atoms with Gasteiger partial charge in [-0.2, -0.15) is 0 Å². The van der Waals surface area contributed by atoms with Crippen molar-refractivity contribution in [1.82, 2.24) is 5.32 Å². The molecule has 1 aliphatic rings. The highest BCUT2D eigenvalue weighted by Crippen LogP contribution is 2.10. The van der Waals surface area contributed by atoms with Gasteiger partial charge in [-0.3, -0.25) is 4.79 Å². The molecule has 62 valence electrons. The Morgan fingerprint density at radius 1 is 1.82 bits per heavy atom. The standard InChI is InChI=1S/C6H10N2O3/c1-3-2-4(5(9)8-3)11-6(7)10/h3-4H,2H2,1H3,(H2,7,10)(H,8,9)/t3-,4+/m0/s1. The number of ether oxygens (including phenoxy) is 1. The molecule has 0 saturated carbocycles. The predicted molar refractivity (Wildman–Crippen MR) is 36.7 cm³/mol. The van der Waals surface area contributed by atoms with Crippen LogP contribution in [0.25, 0.3) is 0 Å². The Bertz CT molecular complexity index is 192. The van der Waals surface area contributed by atoms with E-state index in [-0.39, 0.29) is 11.9 Å². The SMILES string of the molecule is C[C@H]1C[C@@H](OC(N)=O)C(=O)N1. The second-order valence-corrected chi connectivity index (χ2v) is 2.57. The van der Waals surface area contributed by atoms with Crippen molar-refractivity contribution in [3.63, 3.8) is 0 Å². The van der Waals surface area contributed by atoms with E-state index in [9.17, 15) is 9.59 Å². The number of rotatable bonds is 1.